The second kappa shape index (κ2) is 10.3. The Labute approximate surface area is 201 Å². The van der Waals surface area contributed by atoms with E-state index in [0.717, 1.165) is 0 Å². The van der Waals surface area contributed by atoms with E-state index in [1.54, 1.807) is 0 Å². The van der Waals surface area contributed by atoms with E-state index in [1.165, 1.54) is 24.6 Å². The monoisotopic (exact) mass is 504 g/mol. The fraction of sp³-hybridized carbons (Fsp3) is 0. The van der Waals surface area contributed by atoms with Crippen molar-refractivity contribution < 1.29 is 0 Å². The van der Waals surface area contributed by atoms with E-state index in [9.17, 15) is 0 Å². The van der Waals surface area contributed by atoms with Crippen LogP contribution in [0.5, 0.6) is 0 Å². The molecule has 0 spiro atoms. The first kappa shape index (κ1) is 21.8. The summed E-state index contributed by atoms with van der Waals surface area (Å²) in [7, 11) is 0. The van der Waals surface area contributed by atoms with Crippen LogP contribution in [0.15, 0.2) is 152 Å². The van der Waals surface area contributed by atoms with Crippen molar-refractivity contribution in [1.82, 2.24) is 0 Å². The maximum atomic E-state index is 2.80. The van der Waals surface area contributed by atoms with Gasteiger partial charge in [0, 0.05) is 0 Å². The second-order valence-electron chi connectivity index (χ2n) is 7.89. The normalized spacial score (nSPS) is 11.3. The van der Waals surface area contributed by atoms with Crippen molar-refractivity contribution in [3.05, 3.63) is 152 Å². The Morgan fingerprint density at radius 3 is 0.939 bits per heavy atom. The molecule has 5 aromatic carbocycles. The van der Waals surface area contributed by atoms with Gasteiger partial charge in [0.05, 0.1) is 0 Å². The molecule has 5 rings (SSSR count). The third-order valence-corrected chi connectivity index (χ3v) is 17.0. The van der Waals surface area contributed by atoms with Crippen LogP contribution in [0.1, 0.15) is 0 Å². The van der Waals surface area contributed by atoms with Gasteiger partial charge in [-0.3, -0.25) is 0 Å². The topological polar surface area (TPSA) is 0 Å². The molecule has 0 aliphatic carbocycles. The molecule has 0 radical (unpaired) electrons. The SMILES string of the molecule is C([As](c1ccccc1)c1ccccc1)=P(c1ccccc1)(c1ccccc1)c1ccccc1. The van der Waals surface area contributed by atoms with Crippen LogP contribution in [-0.4, -0.2) is 19.2 Å². The predicted octanol–water partition coefficient (Wildman–Crippen LogP) is 4.63. The summed E-state index contributed by atoms with van der Waals surface area (Å²) in [6, 6.07) is 55.7. The number of hydrogen-bond donors (Lipinski definition) is 0. The van der Waals surface area contributed by atoms with Crippen LogP contribution in [0.4, 0.5) is 0 Å². The molecule has 0 aliphatic rings. The number of hydrogen-bond acceptors (Lipinski definition) is 0. The average molecular weight is 504 g/mol. The van der Waals surface area contributed by atoms with Crippen LogP contribution in [0.2, 0.25) is 0 Å². The fourth-order valence-corrected chi connectivity index (χ4v) is 17.2. The summed E-state index contributed by atoms with van der Waals surface area (Å²) < 4.78 is 5.72. The molecule has 5 aromatic rings. The van der Waals surface area contributed by atoms with E-state index < -0.39 is 21.5 Å². The first-order valence-corrected chi connectivity index (χ1v) is 16.0. The van der Waals surface area contributed by atoms with Gasteiger partial charge in [-0.1, -0.05) is 0 Å². The molecule has 0 bridgehead atoms. The van der Waals surface area contributed by atoms with Crippen molar-refractivity contribution in [3.8, 4) is 0 Å². The van der Waals surface area contributed by atoms with E-state index in [-0.39, 0.29) is 0 Å². The van der Waals surface area contributed by atoms with Crippen molar-refractivity contribution in [1.29, 1.82) is 0 Å². The molecule has 33 heavy (non-hydrogen) atoms. The molecule has 0 nitrogen and oxygen atoms in total. The third-order valence-electron chi connectivity index (χ3n) is 5.85. The number of rotatable bonds is 6. The van der Waals surface area contributed by atoms with Gasteiger partial charge in [-0.15, -0.1) is 0 Å². The van der Waals surface area contributed by atoms with Gasteiger partial charge >= 0.3 is 202 Å². The quantitative estimate of drug-likeness (QED) is 0.234. The zero-order valence-corrected chi connectivity index (χ0v) is 21.2. The summed E-state index contributed by atoms with van der Waals surface area (Å²) in [6.07, 6.45) is 0. The van der Waals surface area contributed by atoms with Crippen LogP contribution < -0.4 is 24.6 Å². The summed E-state index contributed by atoms with van der Waals surface area (Å²) in [4.78, 5) is 0. The molecule has 0 fully saturated rings. The van der Waals surface area contributed by atoms with Gasteiger partial charge in [-0.2, -0.15) is 0 Å². The molecule has 0 unspecified atom stereocenters. The van der Waals surface area contributed by atoms with Gasteiger partial charge in [0.25, 0.3) is 0 Å². The minimum atomic E-state index is -2.00. The zero-order chi connectivity index (χ0) is 22.3. The van der Waals surface area contributed by atoms with Gasteiger partial charge in [-0.25, -0.2) is 0 Å². The van der Waals surface area contributed by atoms with Crippen molar-refractivity contribution in [2.24, 2.45) is 0 Å². The summed E-state index contributed by atoms with van der Waals surface area (Å²) in [6.45, 7) is -2.00. The van der Waals surface area contributed by atoms with Crippen molar-refractivity contribution in [3.63, 3.8) is 0 Å². The number of benzene rings is 5. The van der Waals surface area contributed by atoms with Crippen LogP contribution in [-0.2, 0) is 0 Å². The fourth-order valence-electron chi connectivity index (χ4n) is 4.27. The average Bonchev–Trinajstić information content (AvgIpc) is 2.92. The molecule has 0 atom stereocenters. The Balaban J connectivity index is 1.90. The van der Waals surface area contributed by atoms with Crippen molar-refractivity contribution >= 4 is 50.7 Å². The van der Waals surface area contributed by atoms with Gasteiger partial charge in [-0.05, 0) is 0 Å². The molecule has 0 aliphatic heterocycles. The molecule has 2 heteroatoms. The molecule has 0 amide bonds. The van der Waals surface area contributed by atoms with Gasteiger partial charge in [0.1, 0.15) is 0 Å². The van der Waals surface area contributed by atoms with E-state index in [1.807, 2.05) is 0 Å². The van der Waals surface area contributed by atoms with Gasteiger partial charge in [0.2, 0.25) is 0 Å². The van der Waals surface area contributed by atoms with E-state index in [0.29, 0.717) is 0 Å². The van der Waals surface area contributed by atoms with E-state index >= 15 is 0 Å². The summed E-state index contributed by atoms with van der Waals surface area (Å²) in [5, 5.41) is 4.23. The molecule has 0 heterocycles. The zero-order valence-electron chi connectivity index (χ0n) is 18.4. The Morgan fingerprint density at radius 2 is 0.636 bits per heavy atom. The van der Waals surface area contributed by atoms with Gasteiger partial charge in [0.15, 0.2) is 0 Å². The summed E-state index contributed by atoms with van der Waals surface area (Å²) in [5.41, 5.74) is 0. The Kier molecular flexibility index (Phi) is 6.78. The van der Waals surface area contributed by atoms with Crippen molar-refractivity contribution in [2.75, 3.05) is 0 Å². The summed E-state index contributed by atoms with van der Waals surface area (Å²) in [5.74, 6) is 0. The molecular weight excluding hydrogens is 478 g/mol. The first-order chi connectivity index (χ1) is 16.4. The minimum absolute atomic E-state index is 1.41. The Morgan fingerprint density at radius 1 is 0.364 bits per heavy atom. The first-order valence-electron chi connectivity index (χ1n) is 11.2. The third kappa shape index (κ3) is 4.56. The molecule has 0 saturated heterocycles. The predicted molar refractivity (Wildman–Crippen MR) is 149 cm³/mol. The Hall–Kier alpha value is -3.04. The summed E-state index contributed by atoms with van der Waals surface area (Å²) >= 11 is -1.75. The van der Waals surface area contributed by atoms with Crippen LogP contribution >= 0.6 is 6.89 Å². The van der Waals surface area contributed by atoms with Crippen LogP contribution in [0, 0.1) is 0 Å². The van der Waals surface area contributed by atoms with Gasteiger partial charge < -0.3 is 0 Å². The second-order valence-corrected chi connectivity index (χ2v) is 16.3. The molecule has 0 saturated carbocycles. The van der Waals surface area contributed by atoms with Crippen molar-refractivity contribution in [2.45, 2.75) is 0 Å². The maximum absolute atomic E-state index is 2.80. The van der Waals surface area contributed by atoms with Crippen LogP contribution in [0.3, 0.4) is 0 Å². The van der Waals surface area contributed by atoms with Crippen LogP contribution in [0.25, 0.3) is 0 Å². The molecule has 0 N–H and O–H groups in total. The molecule has 160 valence electrons. The van der Waals surface area contributed by atoms with E-state index in [2.05, 4.69) is 156 Å². The molecule has 0 aromatic heterocycles. The standard InChI is InChI=1S/C31H26AsP/c1-6-16-27(17-7-1)32(28-18-8-2-9-19-28)26-33(29-20-10-3-11-21-29,30-22-12-4-13-23-30)31-24-14-5-15-25-31/h1-26H. The molecular formula is C31H26AsP. The Bertz CT molecular complexity index is 1190. The van der Waals surface area contributed by atoms with E-state index in [4.69, 9.17) is 0 Å².